The zero-order valence-corrected chi connectivity index (χ0v) is 13.3. The van der Waals surface area contributed by atoms with Gasteiger partial charge in [0.25, 0.3) is 0 Å². The molecule has 0 saturated carbocycles. The lowest BCUT2D eigenvalue weighted by atomic mass is 9.94. The number of aryl methyl sites for hydroxylation is 3. The van der Waals surface area contributed by atoms with Gasteiger partial charge in [0, 0.05) is 17.3 Å². The minimum absolute atomic E-state index is 0.0801. The first kappa shape index (κ1) is 15.8. The van der Waals surface area contributed by atoms with Gasteiger partial charge >= 0.3 is 0 Å². The first-order valence-electron chi connectivity index (χ1n) is 6.91. The Labute approximate surface area is 130 Å². The predicted molar refractivity (Wildman–Crippen MR) is 87.5 cm³/mol. The van der Waals surface area contributed by atoms with E-state index in [9.17, 15) is 4.39 Å². The van der Waals surface area contributed by atoms with Crippen molar-refractivity contribution in [3.63, 3.8) is 0 Å². The topological polar surface area (TPSA) is 38.0 Å². The number of nitrogens with one attached hydrogen (secondary N) is 1. The molecular formula is C17H20ClFN2. The second-order valence-electron chi connectivity index (χ2n) is 5.40. The van der Waals surface area contributed by atoms with Gasteiger partial charge in [-0.3, -0.25) is 0 Å². The second-order valence-corrected chi connectivity index (χ2v) is 5.84. The van der Waals surface area contributed by atoms with E-state index in [1.54, 1.807) is 6.07 Å². The third kappa shape index (κ3) is 3.74. The average Bonchev–Trinajstić information content (AvgIpc) is 2.35. The Morgan fingerprint density at radius 1 is 1.10 bits per heavy atom. The molecule has 3 N–H and O–H groups in total. The Hall–Kier alpha value is -1.58. The van der Waals surface area contributed by atoms with Gasteiger partial charge in [-0.05, 0) is 55.7 Å². The van der Waals surface area contributed by atoms with Crippen LogP contribution in [0.5, 0.6) is 0 Å². The molecule has 1 atom stereocenters. The van der Waals surface area contributed by atoms with Crippen LogP contribution in [0, 0.1) is 26.6 Å². The number of hydrogen-bond acceptors (Lipinski definition) is 2. The molecule has 0 saturated heterocycles. The highest BCUT2D eigenvalue weighted by atomic mass is 35.5. The van der Waals surface area contributed by atoms with Crippen molar-refractivity contribution < 1.29 is 4.39 Å². The largest absolute Gasteiger partial charge is 0.377 e. The second kappa shape index (κ2) is 6.46. The van der Waals surface area contributed by atoms with Crippen LogP contribution in [-0.4, -0.2) is 6.54 Å². The van der Waals surface area contributed by atoms with E-state index < -0.39 is 0 Å². The van der Waals surface area contributed by atoms with Crippen molar-refractivity contribution in [2.75, 3.05) is 11.9 Å². The molecule has 0 aliphatic carbocycles. The summed E-state index contributed by atoms with van der Waals surface area (Å²) in [5.41, 5.74) is 11.3. The van der Waals surface area contributed by atoms with Gasteiger partial charge in [0.1, 0.15) is 5.82 Å². The molecular weight excluding hydrogens is 287 g/mol. The number of hydrogen-bond donors (Lipinski definition) is 2. The van der Waals surface area contributed by atoms with Crippen LogP contribution in [0.25, 0.3) is 0 Å². The van der Waals surface area contributed by atoms with Crippen molar-refractivity contribution in [1.29, 1.82) is 0 Å². The standard InChI is InChI=1S/C17H20ClFN2/c1-10-4-11(2)17(12(3)5-10)16(9-20)21-15-7-13(18)6-14(19)8-15/h4-8,16,21H,9,20H2,1-3H3. The van der Waals surface area contributed by atoms with E-state index in [0.29, 0.717) is 17.3 Å². The minimum Gasteiger partial charge on any atom is -0.377 e. The molecule has 2 aromatic rings. The first-order chi connectivity index (χ1) is 9.90. The molecule has 0 heterocycles. The van der Waals surface area contributed by atoms with Crippen molar-refractivity contribution in [3.8, 4) is 0 Å². The Morgan fingerprint density at radius 3 is 2.24 bits per heavy atom. The highest BCUT2D eigenvalue weighted by Gasteiger charge is 2.15. The summed E-state index contributed by atoms with van der Waals surface area (Å²) < 4.78 is 13.4. The van der Waals surface area contributed by atoms with Crippen LogP contribution in [0.15, 0.2) is 30.3 Å². The normalized spacial score (nSPS) is 12.3. The van der Waals surface area contributed by atoms with E-state index in [4.69, 9.17) is 17.3 Å². The maximum Gasteiger partial charge on any atom is 0.126 e. The summed E-state index contributed by atoms with van der Waals surface area (Å²) in [5.74, 6) is -0.363. The summed E-state index contributed by atoms with van der Waals surface area (Å²) in [6, 6.07) is 8.59. The summed E-state index contributed by atoms with van der Waals surface area (Å²) in [4.78, 5) is 0. The van der Waals surface area contributed by atoms with Crippen LogP contribution in [-0.2, 0) is 0 Å². The van der Waals surface area contributed by atoms with Crippen LogP contribution >= 0.6 is 11.6 Å². The van der Waals surface area contributed by atoms with Crippen molar-refractivity contribution in [3.05, 3.63) is 63.4 Å². The Morgan fingerprint density at radius 2 is 1.71 bits per heavy atom. The van der Waals surface area contributed by atoms with Gasteiger partial charge in [-0.25, -0.2) is 4.39 Å². The SMILES string of the molecule is Cc1cc(C)c(C(CN)Nc2cc(F)cc(Cl)c2)c(C)c1. The summed E-state index contributed by atoms with van der Waals surface area (Å²) in [6.07, 6.45) is 0. The lowest BCUT2D eigenvalue weighted by Gasteiger charge is -2.23. The molecule has 21 heavy (non-hydrogen) atoms. The first-order valence-corrected chi connectivity index (χ1v) is 7.29. The zero-order chi connectivity index (χ0) is 15.6. The van der Waals surface area contributed by atoms with Gasteiger partial charge in [-0.2, -0.15) is 0 Å². The Balaban J connectivity index is 2.36. The highest BCUT2D eigenvalue weighted by Crippen LogP contribution is 2.27. The summed E-state index contributed by atoms with van der Waals surface area (Å²) in [6.45, 7) is 6.62. The number of anilines is 1. The molecule has 112 valence electrons. The van der Waals surface area contributed by atoms with Gasteiger partial charge in [0.2, 0.25) is 0 Å². The fourth-order valence-corrected chi connectivity index (χ4v) is 3.05. The van der Waals surface area contributed by atoms with Gasteiger partial charge in [0.15, 0.2) is 0 Å². The third-order valence-corrected chi connectivity index (χ3v) is 3.74. The monoisotopic (exact) mass is 306 g/mol. The van der Waals surface area contributed by atoms with E-state index in [0.717, 1.165) is 5.56 Å². The van der Waals surface area contributed by atoms with E-state index in [2.05, 4.69) is 38.2 Å². The smallest absolute Gasteiger partial charge is 0.126 e. The maximum atomic E-state index is 13.4. The molecule has 2 rings (SSSR count). The summed E-state index contributed by atoms with van der Waals surface area (Å²) in [5, 5.41) is 3.64. The molecule has 0 aromatic heterocycles. The molecule has 0 radical (unpaired) electrons. The maximum absolute atomic E-state index is 13.4. The van der Waals surface area contributed by atoms with E-state index in [1.165, 1.54) is 28.8 Å². The molecule has 0 aliphatic heterocycles. The van der Waals surface area contributed by atoms with Crippen LogP contribution < -0.4 is 11.1 Å². The molecule has 0 aliphatic rings. The fraction of sp³-hybridized carbons (Fsp3) is 0.294. The van der Waals surface area contributed by atoms with Crippen molar-refractivity contribution in [2.24, 2.45) is 5.73 Å². The van der Waals surface area contributed by atoms with Crippen molar-refractivity contribution >= 4 is 17.3 Å². The molecule has 4 heteroatoms. The zero-order valence-electron chi connectivity index (χ0n) is 12.5. The molecule has 0 spiro atoms. The molecule has 0 fully saturated rings. The van der Waals surface area contributed by atoms with Gasteiger partial charge in [-0.1, -0.05) is 29.3 Å². The number of benzene rings is 2. The lowest BCUT2D eigenvalue weighted by Crippen LogP contribution is -2.22. The van der Waals surface area contributed by atoms with E-state index >= 15 is 0 Å². The summed E-state index contributed by atoms with van der Waals surface area (Å²) >= 11 is 5.89. The molecule has 2 aromatic carbocycles. The number of rotatable bonds is 4. The fourth-order valence-electron chi connectivity index (χ4n) is 2.83. The highest BCUT2D eigenvalue weighted by molar-refractivity contribution is 6.30. The number of nitrogens with two attached hydrogens (primary N) is 1. The molecule has 0 bridgehead atoms. The van der Waals surface area contributed by atoms with E-state index in [1.807, 2.05) is 0 Å². The van der Waals surface area contributed by atoms with Gasteiger partial charge in [-0.15, -0.1) is 0 Å². The number of halogens is 2. The van der Waals surface area contributed by atoms with Gasteiger partial charge < -0.3 is 11.1 Å². The van der Waals surface area contributed by atoms with Crippen molar-refractivity contribution in [2.45, 2.75) is 26.8 Å². The Kier molecular flexibility index (Phi) is 4.86. The third-order valence-electron chi connectivity index (χ3n) is 3.53. The van der Waals surface area contributed by atoms with Crippen LogP contribution in [0.3, 0.4) is 0 Å². The molecule has 2 nitrogen and oxygen atoms in total. The summed E-state index contributed by atoms with van der Waals surface area (Å²) in [7, 11) is 0. The quantitative estimate of drug-likeness (QED) is 0.872. The van der Waals surface area contributed by atoms with Crippen molar-refractivity contribution in [1.82, 2.24) is 0 Å². The minimum atomic E-state index is -0.363. The predicted octanol–water partition coefficient (Wildman–Crippen LogP) is 4.52. The van der Waals surface area contributed by atoms with Crippen LogP contribution in [0.4, 0.5) is 10.1 Å². The lowest BCUT2D eigenvalue weighted by molar-refractivity contribution is 0.627. The van der Waals surface area contributed by atoms with Crippen LogP contribution in [0.2, 0.25) is 5.02 Å². The van der Waals surface area contributed by atoms with E-state index in [-0.39, 0.29) is 11.9 Å². The Bertz CT molecular complexity index is 612. The average molecular weight is 307 g/mol. The molecule has 1 unspecified atom stereocenters. The van der Waals surface area contributed by atoms with Gasteiger partial charge in [0.05, 0.1) is 6.04 Å². The van der Waals surface area contributed by atoms with Crippen LogP contribution in [0.1, 0.15) is 28.3 Å². The molecule has 0 amide bonds.